The maximum Gasteiger partial charge on any atom is 0.244 e. The van der Waals surface area contributed by atoms with Crippen LogP contribution < -0.4 is 5.73 Å². The third-order valence-electron chi connectivity index (χ3n) is 3.09. The number of hydrogen-bond acceptors (Lipinski definition) is 6. The van der Waals surface area contributed by atoms with Gasteiger partial charge in [0.25, 0.3) is 0 Å². The van der Waals surface area contributed by atoms with Crippen LogP contribution in [0.25, 0.3) is 11.4 Å². The number of rotatable bonds is 4. The van der Waals surface area contributed by atoms with Crippen molar-refractivity contribution in [3.8, 4) is 11.4 Å². The first-order chi connectivity index (χ1) is 10.1. The van der Waals surface area contributed by atoms with Gasteiger partial charge < -0.3 is 15.2 Å². The molecule has 0 aliphatic carbocycles. The highest BCUT2D eigenvalue weighted by molar-refractivity contribution is 5.55. The highest BCUT2D eigenvalue weighted by atomic mass is 16.5. The van der Waals surface area contributed by atoms with Crippen LogP contribution in [0.3, 0.4) is 0 Å². The number of pyridine rings is 1. The smallest absolute Gasteiger partial charge is 0.244 e. The number of H-pyrrole nitrogens is 1. The Kier molecular flexibility index (Phi) is 3.49. The lowest BCUT2D eigenvalue weighted by Gasteiger charge is -2.03. The van der Waals surface area contributed by atoms with Crippen LogP contribution in [0.2, 0.25) is 0 Å². The fraction of sp³-hybridized carbons (Fsp3) is 0.286. The molecule has 0 spiro atoms. The summed E-state index contributed by atoms with van der Waals surface area (Å²) in [7, 11) is 0. The molecule has 0 aliphatic rings. The summed E-state index contributed by atoms with van der Waals surface area (Å²) in [4.78, 5) is 15.7. The van der Waals surface area contributed by atoms with Crippen molar-refractivity contribution >= 4 is 0 Å². The highest BCUT2D eigenvalue weighted by Crippen LogP contribution is 2.20. The number of nitrogens with two attached hydrogens (primary N) is 1. The normalized spacial score (nSPS) is 12.5. The van der Waals surface area contributed by atoms with E-state index in [1.807, 2.05) is 26.0 Å². The standard InChI is InChI=1S/C14H16N6O/c1-8-3-10(4-9(2)18-8)13-19-14(21-20-13)12(15)5-11-6-16-7-17-11/h3-4,6-7,12H,5,15H2,1-2H3,(H,16,17)/t12-/m0/s1. The average molecular weight is 284 g/mol. The minimum atomic E-state index is -0.365. The molecule has 1 atom stereocenters. The number of hydrogen-bond donors (Lipinski definition) is 2. The quantitative estimate of drug-likeness (QED) is 0.755. The predicted octanol–water partition coefficient (Wildman–Crippen LogP) is 1.71. The number of nitrogens with zero attached hydrogens (tertiary/aromatic N) is 4. The van der Waals surface area contributed by atoms with Crippen LogP contribution in [0.4, 0.5) is 0 Å². The van der Waals surface area contributed by atoms with Crippen LogP contribution in [-0.4, -0.2) is 25.1 Å². The van der Waals surface area contributed by atoms with Crippen molar-refractivity contribution in [3.63, 3.8) is 0 Å². The SMILES string of the molecule is Cc1cc(-c2noc([C@@H](N)Cc3cnc[nH]3)n2)cc(C)n1. The first-order valence-electron chi connectivity index (χ1n) is 6.64. The highest BCUT2D eigenvalue weighted by Gasteiger charge is 2.17. The lowest BCUT2D eigenvalue weighted by molar-refractivity contribution is 0.354. The molecule has 0 aromatic carbocycles. The van der Waals surface area contributed by atoms with Crippen LogP contribution in [0.15, 0.2) is 29.2 Å². The molecule has 108 valence electrons. The Morgan fingerprint density at radius 1 is 1.24 bits per heavy atom. The zero-order chi connectivity index (χ0) is 14.8. The van der Waals surface area contributed by atoms with E-state index in [0.717, 1.165) is 22.6 Å². The average Bonchev–Trinajstić information content (AvgIpc) is 3.08. The molecule has 0 fully saturated rings. The molecule has 3 rings (SSSR count). The van der Waals surface area contributed by atoms with Gasteiger partial charge >= 0.3 is 0 Å². The summed E-state index contributed by atoms with van der Waals surface area (Å²) in [5.41, 5.74) is 9.72. The van der Waals surface area contributed by atoms with Gasteiger partial charge in [-0.3, -0.25) is 4.98 Å². The Labute approximate surface area is 121 Å². The first-order valence-corrected chi connectivity index (χ1v) is 6.64. The third kappa shape index (κ3) is 2.97. The van der Waals surface area contributed by atoms with Crippen molar-refractivity contribution in [2.45, 2.75) is 26.3 Å². The number of aromatic nitrogens is 5. The van der Waals surface area contributed by atoms with Gasteiger partial charge in [-0.25, -0.2) is 4.98 Å². The topological polar surface area (TPSA) is 107 Å². The zero-order valence-corrected chi connectivity index (χ0v) is 11.9. The second-order valence-corrected chi connectivity index (χ2v) is 4.98. The van der Waals surface area contributed by atoms with Crippen LogP contribution in [0.1, 0.15) is 29.0 Å². The van der Waals surface area contributed by atoms with Gasteiger partial charge in [-0.15, -0.1) is 0 Å². The minimum Gasteiger partial charge on any atom is -0.348 e. The number of aryl methyl sites for hydroxylation is 2. The van der Waals surface area contributed by atoms with Gasteiger partial charge in [-0.05, 0) is 26.0 Å². The van der Waals surface area contributed by atoms with Crippen molar-refractivity contribution in [1.82, 2.24) is 25.1 Å². The van der Waals surface area contributed by atoms with Gasteiger partial charge in [0.1, 0.15) is 0 Å². The van der Waals surface area contributed by atoms with Gasteiger partial charge in [0, 0.05) is 35.3 Å². The fourth-order valence-corrected chi connectivity index (χ4v) is 2.19. The second-order valence-electron chi connectivity index (χ2n) is 4.98. The Morgan fingerprint density at radius 3 is 2.67 bits per heavy atom. The van der Waals surface area contributed by atoms with E-state index in [4.69, 9.17) is 10.3 Å². The molecule has 0 saturated carbocycles. The summed E-state index contributed by atoms with van der Waals surface area (Å²) < 4.78 is 5.27. The molecule has 0 saturated heterocycles. The van der Waals surface area contributed by atoms with E-state index in [2.05, 4.69) is 25.1 Å². The molecule has 0 unspecified atom stereocenters. The molecule has 21 heavy (non-hydrogen) atoms. The molecule has 0 aliphatic heterocycles. The molecule has 3 heterocycles. The molecule has 7 nitrogen and oxygen atoms in total. The van der Waals surface area contributed by atoms with Gasteiger partial charge in [0.05, 0.1) is 12.4 Å². The first kappa shape index (κ1) is 13.4. The Hall–Kier alpha value is -2.54. The number of imidazole rings is 1. The van der Waals surface area contributed by atoms with E-state index < -0.39 is 0 Å². The molecular weight excluding hydrogens is 268 g/mol. The molecule has 0 radical (unpaired) electrons. The van der Waals surface area contributed by atoms with Gasteiger partial charge in [-0.2, -0.15) is 4.98 Å². The van der Waals surface area contributed by atoms with E-state index in [0.29, 0.717) is 18.1 Å². The zero-order valence-electron chi connectivity index (χ0n) is 11.9. The summed E-state index contributed by atoms with van der Waals surface area (Å²) in [6.45, 7) is 3.86. The summed E-state index contributed by atoms with van der Waals surface area (Å²) in [6.07, 6.45) is 3.91. The van der Waals surface area contributed by atoms with E-state index in [-0.39, 0.29) is 6.04 Å². The van der Waals surface area contributed by atoms with Gasteiger partial charge in [-0.1, -0.05) is 5.16 Å². The van der Waals surface area contributed by atoms with Crippen molar-refractivity contribution < 1.29 is 4.52 Å². The molecule has 7 heteroatoms. The summed E-state index contributed by atoms with van der Waals surface area (Å²) in [5, 5.41) is 4.00. The van der Waals surface area contributed by atoms with Gasteiger partial charge in [0.15, 0.2) is 0 Å². The van der Waals surface area contributed by atoms with E-state index >= 15 is 0 Å². The summed E-state index contributed by atoms with van der Waals surface area (Å²) >= 11 is 0. The fourth-order valence-electron chi connectivity index (χ4n) is 2.19. The van der Waals surface area contributed by atoms with Crippen LogP contribution in [0.5, 0.6) is 0 Å². The molecule has 3 aromatic rings. The lowest BCUT2D eigenvalue weighted by Crippen LogP contribution is -2.14. The summed E-state index contributed by atoms with van der Waals surface area (Å²) in [6, 6.07) is 3.47. The molecular formula is C14H16N6O. The Bertz CT molecular complexity index is 714. The van der Waals surface area contributed by atoms with Crippen molar-refractivity contribution in [2.75, 3.05) is 0 Å². The molecule has 3 N–H and O–H groups in total. The van der Waals surface area contributed by atoms with Gasteiger partial charge in [0.2, 0.25) is 11.7 Å². The molecule has 0 amide bonds. The van der Waals surface area contributed by atoms with E-state index in [1.165, 1.54) is 0 Å². The summed E-state index contributed by atoms with van der Waals surface area (Å²) in [5.74, 6) is 0.936. The van der Waals surface area contributed by atoms with Crippen LogP contribution >= 0.6 is 0 Å². The largest absolute Gasteiger partial charge is 0.348 e. The van der Waals surface area contributed by atoms with Crippen molar-refractivity contribution in [3.05, 3.63) is 47.6 Å². The Morgan fingerprint density at radius 2 is 2.00 bits per heavy atom. The maximum atomic E-state index is 6.08. The van der Waals surface area contributed by atoms with Crippen molar-refractivity contribution in [2.24, 2.45) is 5.73 Å². The Balaban J connectivity index is 1.82. The lowest BCUT2D eigenvalue weighted by atomic mass is 10.1. The minimum absolute atomic E-state index is 0.365. The third-order valence-corrected chi connectivity index (χ3v) is 3.09. The van der Waals surface area contributed by atoms with Crippen LogP contribution in [-0.2, 0) is 6.42 Å². The van der Waals surface area contributed by atoms with E-state index in [1.54, 1.807) is 12.5 Å². The van der Waals surface area contributed by atoms with Crippen molar-refractivity contribution in [1.29, 1.82) is 0 Å². The number of aromatic amines is 1. The molecule has 3 aromatic heterocycles. The monoisotopic (exact) mass is 284 g/mol. The number of nitrogens with one attached hydrogen (secondary N) is 1. The van der Waals surface area contributed by atoms with E-state index in [9.17, 15) is 0 Å². The maximum absolute atomic E-state index is 6.08. The van der Waals surface area contributed by atoms with Crippen LogP contribution in [0, 0.1) is 13.8 Å². The second kappa shape index (κ2) is 5.45. The molecule has 0 bridgehead atoms. The predicted molar refractivity (Wildman–Crippen MR) is 76.2 cm³/mol.